The molecule has 9 nitrogen and oxygen atoms in total. The molecule has 38 heavy (non-hydrogen) atoms. The maximum Gasteiger partial charge on any atom is 0.311 e. The molecule has 0 atom stereocenters. The van der Waals surface area contributed by atoms with E-state index in [4.69, 9.17) is 14.6 Å². The molecule has 0 radical (unpaired) electrons. The quantitative estimate of drug-likeness (QED) is 0.213. The summed E-state index contributed by atoms with van der Waals surface area (Å²) in [6.07, 6.45) is 2.45. The molecular weight excluding hydrogens is 490 g/mol. The molecule has 0 amide bonds. The summed E-state index contributed by atoms with van der Waals surface area (Å²) in [6, 6.07) is 23.8. The Balaban J connectivity index is 0.000000511. The van der Waals surface area contributed by atoms with Crippen molar-refractivity contribution in [3.05, 3.63) is 100 Å². The molecule has 9 heteroatoms. The minimum atomic E-state index is -0.833. The van der Waals surface area contributed by atoms with E-state index in [0.717, 1.165) is 6.92 Å². The third kappa shape index (κ3) is 15.5. The Labute approximate surface area is 223 Å². The van der Waals surface area contributed by atoms with Crippen LogP contribution >= 0.6 is 0 Å². The molecule has 3 rings (SSSR count). The van der Waals surface area contributed by atoms with Gasteiger partial charge in [-0.1, -0.05) is 88.7 Å². The number of para-hydroxylation sites is 2. The van der Waals surface area contributed by atoms with Crippen LogP contribution < -0.4 is 9.47 Å². The summed E-state index contributed by atoms with van der Waals surface area (Å²) in [5.74, 6) is -0.291. The molecule has 0 aliphatic carbocycles. The zero-order valence-electron chi connectivity index (χ0n) is 22.3. The van der Waals surface area contributed by atoms with Gasteiger partial charge in [0, 0.05) is 13.0 Å². The molecule has 0 saturated heterocycles. The van der Waals surface area contributed by atoms with Gasteiger partial charge in [-0.2, -0.15) is 0 Å². The third-order valence-corrected chi connectivity index (χ3v) is 4.52. The van der Waals surface area contributed by atoms with Gasteiger partial charge in [-0.25, -0.2) is 0 Å². The van der Waals surface area contributed by atoms with Crippen LogP contribution in [0.4, 0.5) is 5.69 Å². The van der Waals surface area contributed by atoms with Crippen LogP contribution in [-0.2, 0) is 26.2 Å². The number of nitro benzene ring substituents is 1. The third-order valence-electron chi connectivity index (χ3n) is 4.52. The number of carbonyl (C=O) groups excluding carboxylic acids is 2. The van der Waals surface area contributed by atoms with Gasteiger partial charge in [0.1, 0.15) is 5.75 Å². The molecule has 0 fully saturated rings. The van der Waals surface area contributed by atoms with E-state index in [1.165, 1.54) is 42.2 Å². The Kier molecular flexibility index (Phi) is 16.5. The SMILES string of the molecule is CC(=O)O.CC(C)(C)c1ccc(OC=O)cc1.CCCc1ccccc1.O=COc1ccccc1[N+](=O)[O-]. The highest BCUT2D eigenvalue weighted by atomic mass is 16.6. The summed E-state index contributed by atoms with van der Waals surface area (Å²) in [4.78, 5) is 38.6. The first-order valence-corrected chi connectivity index (χ1v) is 11.7. The Morgan fingerprint density at radius 2 is 1.39 bits per heavy atom. The average molecular weight is 526 g/mol. The van der Waals surface area contributed by atoms with E-state index >= 15 is 0 Å². The molecule has 1 N–H and O–H groups in total. The van der Waals surface area contributed by atoms with Crippen molar-refractivity contribution in [2.75, 3.05) is 0 Å². The lowest BCUT2D eigenvalue weighted by Crippen LogP contribution is -2.10. The highest BCUT2D eigenvalue weighted by Gasteiger charge is 2.13. The van der Waals surface area contributed by atoms with Gasteiger partial charge in [0.05, 0.1) is 4.92 Å². The fourth-order valence-corrected chi connectivity index (χ4v) is 2.78. The van der Waals surface area contributed by atoms with Crippen molar-refractivity contribution in [2.45, 2.75) is 52.9 Å². The molecule has 0 bridgehead atoms. The van der Waals surface area contributed by atoms with Crippen LogP contribution in [0.2, 0.25) is 0 Å². The smallest absolute Gasteiger partial charge is 0.311 e. The number of nitro groups is 1. The number of hydrogen-bond donors (Lipinski definition) is 1. The van der Waals surface area contributed by atoms with E-state index in [1.54, 1.807) is 18.2 Å². The van der Waals surface area contributed by atoms with E-state index in [1.807, 2.05) is 12.1 Å². The van der Waals surface area contributed by atoms with E-state index in [-0.39, 0.29) is 23.3 Å². The monoisotopic (exact) mass is 525 g/mol. The normalized spacial score (nSPS) is 9.50. The first-order chi connectivity index (χ1) is 18.0. The number of hydrogen-bond acceptors (Lipinski definition) is 7. The first kappa shape index (κ1) is 33.5. The molecule has 0 aliphatic rings. The van der Waals surface area contributed by atoms with E-state index in [9.17, 15) is 19.7 Å². The van der Waals surface area contributed by atoms with Crippen molar-refractivity contribution < 1.29 is 33.9 Å². The van der Waals surface area contributed by atoms with Gasteiger partial charge in [0.15, 0.2) is 0 Å². The van der Waals surface area contributed by atoms with Crippen LogP contribution in [0.25, 0.3) is 0 Å². The predicted molar refractivity (Wildman–Crippen MR) is 145 cm³/mol. The van der Waals surface area contributed by atoms with E-state index in [2.05, 4.69) is 62.8 Å². The molecule has 0 aromatic heterocycles. The summed E-state index contributed by atoms with van der Waals surface area (Å²) >= 11 is 0. The van der Waals surface area contributed by atoms with Crippen LogP contribution in [0.5, 0.6) is 11.5 Å². The van der Waals surface area contributed by atoms with Gasteiger partial charge in [-0.3, -0.25) is 24.5 Å². The zero-order chi connectivity index (χ0) is 29.0. The molecule has 0 heterocycles. The second-order valence-corrected chi connectivity index (χ2v) is 8.68. The fourth-order valence-electron chi connectivity index (χ4n) is 2.78. The molecule has 0 unspecified atom stereocenters. The van der Waals surface area contributed by atoms with Crippen LogP contribution in [-0.4, -0.2) is 28.9 Å². The molecule has 0 saturated carbocycles. The largest absolute Gasteiger partial charge is 0.481 e. The summed E-state index contributed by atoms with van der Waals surface area (Å²) in [5.41, 5.74) is 2.59. The fraction of sp³-hybridized carbons (Fsp3) is 0.276. The number of benzene rings is 3. The average Bonchev–Trinajstić information content (AvgIpc) is 2.86. The second kappa shape index (κ2) is 18.7. The van der Waals surface area contributed by atoms with Crippen LogP contribution in [0.15, 0.2) is 78.9 Å². The van der Waals surface area contributed by atoms with Crippen molar-refractivity contribution in [3.8, 4) is 11.5 Å². The zero-order valence-corrected chi connectivity index (χ0v) is 22.3. The lowest BCUT2D eigenvalue weighted by molar-refractivity contribution is -0.385. The number of aliphatic carboxylic acids is 1. The van der Waals surface area contributed by atoms with Crippen molar-refractivity contribution in [1.29, 1.82) is 0 Å². The predicted octanol–water partition coefficient (Wildman–Crippen LogP) is 6.38. The standard InChI is InChI=1S/C11H14O2.C9H12.C7H5NO4.C2H4O2/c1-11(2,3)9-4-6-10(7-5-9)13-8-12;1-2-6-9-7-4-3-5-8-9;9-5-12-7-4-2-1-3-6(7)8(10)11;1-2(3)4/h4-8H,1-3H3;3-5,7-8H,2,6H2,1H3;1-5H;1H3,(H,3,4). The summed E-state index contributed by atoms with van der Waals surface area (Å²) in [7, 11) is 0. The van der Waals surface area contributed by atoms with Crippen molar-refractivity contribution >= 4 is 24.6 Å². The number of carbonyl (C=O) groups is 3. The van der Waals surface area contributed by atoms with Gasteiger partial charge in [0.25, 0.3) is 18.9 Å². The maximum absolute atomic E-state index is 10.3. The highest BCUT2D eigenvalue weighted by Crippen LogP contribution is 2.25. The Morgan fingerprint density at radius 3 is 1.84 bits per heavy atom. The number of carboxylic acid groups (broad SMARTS) is 1. The van der Waals surface area contributed by atoms with Gasteiger partial charge in [0.2, 0.25) is 5.75 Å². The van der Waals surface area contributed by atoms with Crippen LogP contribution in [0, 0.1) is 10.1 Å². The van der Waals surface area contributed by atoms with Crippen LogP contribution in [0.3, 0.4) is 0 Å². The minimum Gasteiger partial charge on any atom is -0.481 e. The van der Waals surface area contributed by atoms with Gasteiger partial charge in [-0.05, 0) is 41.2 Å². The topological polar surface area (TPSA) is 133 Å². The number of carboxylic acids is 1. The van der Waals surface area contributed by atoms with Gasteiger partial charge >= 0.3 is 5.69 Å². The lowest BCUT2D eigenvalue weighted by atomic mass is 9.87. The number of ether oxygens (including phenoxy) is 2. The molecule has 3 aromatic rings. The van der Waals surface area contributed by atoms with E-state index in [0.29, 0.717) is 12.2 Å². The summed E-state index contributed by atoms with van der Waals surface area (Å²) < 4.78 is 9.07. The molecule has 204 valence electrons. The first-order valence-electron chi connectivity index (χ1n) is 11.7. The van der Waals surface area contributed by atoms with E-state index < -0.39 is 10.9 Å². The molecular formula is C29H35NO8. The molecule has 0 spiro atoms. The summed E-state index contributed by atoms with van der Waals surface area (Å²) in [5, 5.41) is 17.7. The maximum atomic E-state index is 10.3. The van der Waals surface area contributed by atoms with Crippen LogP contribution in [0.1, 0.15) is 52.2 Å². The number of aryl methyl sites for hydroxylation is 1. The lowest BCUT2D eigenvalue weighted by Gasteiger charge is -2.18. The molecule has 0 aliphatic heterocycles. The van der Waals surface area contributed by atoms with Crippen molar-refractivity contribution in [1.82, 2.24) is 0 Å². The Bertz CT molecular complexity index is 1100. The van der Waals surface area contributed by atoms with Crippen molar-refractivity contribution in [3.63, 3.8) is 0 Å². The Hall–Kier alpha value is -4.53. The van der Waals surface area contributed by atoms with Crippen molar-refractivity contribution in [2.24, 2.45) is 0 Å². The number of nitrogens with zero attached hydrogens (tertiary/aromatic N) is 1. The second-order valence-electron chi connectivity index (χ2n) is 8.68. The van der Waals surface area contributed by atoms with Gasteiger partial charge in [-0.15, -0.1) is 0 Å². The highest BCUT2D eigenvalue weighted by molar-refractivity contribution is 5.63. The Morgan fingerprint density at radius 1 is 0.895 bits per heavy atom. The summed E-state index contributed by atoms with van der Waals surface area (Å²) in [6.45, 7) is 10.3. The number of rotatable bonds is 7. The minimum absolute atomic E-state index is 0.0440. The molecule has 3 aromatic carbocycles. The van der Waals surface area contributed by atoms with Gasteiger partial charge < -0.3 is 14.6 Å².